The Bertz CT molecular complexity index is 938. The fraction of sp³-hybridized carbons (Fsp3) is 0.348. The lowest BCUT2D eigenvalue weighted by Gasteiger charge is -2.34. The predicted molar refractivity (Wildman–Crippen MR) is 114 cm³/mol. The Morgan fingerprint density at radius 1 is 0.968 bits per heavy atom. The number of amides is 2. The van der Waals surface area contributed by atoms with Crippen molar-refractivity contribution in [3.63, 3.8) is 0 Å². The van der Waals surface area contributed by atoms with E-state index >= 15 is 0 Å². The largest absolute Gasteiger partial charge is 0.483 e. The van der Waals surface area contributed by atoms with Gasteiger partial charge < -0.3 is 20.1 Å². The summed E-state index contributed by atoms with van der Waals surface area (Å²) in [4.78, 5) is 39.8. The molecule has 2 amide bonds. The standard InChI is InChI=1S/C23H27N3O5/c1-17-5-4-6-18(13-17)14-25-9-11-26(12-10-25)22(28)16-31-23(29)19-7-2-3-8-20(19)30-15-21(24)27/h2-8,13H,9-12,14-16H2,1H3,(H2,24,27). The van der Waals surface area contributed by atoms with Crippen molar-refractivity contribution < 1.29 is 23.9 Å². The maximum atomic E-state index is 12.5. The molecule has 3 rings (SSSR count). The van der Waals surface area contributed by atoms with Gasteiger partial charge in [0.25, 0.3) is 11.8 Å². The zero-order valence-corrected chi connectivity index (χ0v) is 17.6. The summed E-state index contributed by atoms with van der Waals surface area (Å²) in [6.07, 6.45) is 0. The van der Waals surface area contributed by atoms with E-state index in [4.69, 9.17) is 15.2 Å². The first-order chi connectivity index (χ1) is 14.9. The maximum Gasteiger partial charge on any atom is 0.342 e. The lowest BCUT2D eigenvalue weighted by Crippen LogP contribution is -2.49. The number of carbonyl (C=O) groups is 3. The minimum atomic E-state index is -0.688. The van der Waals surface area contributed by atoms with E-state index in [1.807, 2.05) is 0 Å². The van der Waals surface area contributed by atoms with Gasteiger partial charge in [0.05, 0.1) is 0 Å². The maximum absolute atomic E-state index is 12.5. The summed E-state index contributed by atoms with van der Waals surface area (Å²) in [6, 6.07) is 14.7. The Morgan fingerprint density at radius 2 is 1.71 bits per heavy atom. The zero-order valence-electron chi connectivity index (χ0n) is 17.6. The Hall–Kier alpha value is -3.39. The van der Waals surface area contributed by atoms with Gasteiger partial charge in [0, 0.05) is 32.7 Å². The molecular formula is C23H27N3O5. The number of hydrogen-bond donors (Lipinski definition) is 1. The molecule has 0 spiro atoms. The molecule has 0 atom stereocenters. The Labute approximate surface area is 181 Å². The minimum absolute atomic E-state index is 0.138. The van der Waals surface area contributed by atoms with Crippen LogP contribution in [0, 0.1) is 6.92 Å². The van der Waals surface area contributed by atoms with Crippen molar-refractivity contribution in [2.45, 2.75) is 13.5 Å². The molecule has 2 aromatic carbocycles. The lowest BCUT2D eigenvalue weighted by atomic mass is 10.1. The molecule has 8 heteroatoms. The molecule has 2 N–H and O–H groups in total. The summed E-state index contributed by atoms with van der Waals surface area (Å²) in [5.74, 6) is -1.39. The number of nitrogens with two attached hydrogens (primary N) is 1. The summed E-state index contributed by atoms with van der Waals surface area (Å²) in [5, 5.41) is 0. The highest BCUT2D eigenvalue weighted by atomic mass is 16.5. The number of benzene rings is 2. The minimum Gasteiger partial charge on any atom is -0.483 e. The third-order valence-corrected chi connectivity index (χ3v) is 5.02. The lowest BCUT2D eigenvalue weighted by molar-refractivity contribution is -0.136. The second-order valence-electron chi connectivity index (χ2n) is 7.47. The highest BCUT2D eigenvalue weighted by molar-refractivity contribution is 5.94. The van der Waals surface area contributed by atoms with Gasteiger partial charge in [0.2, 0.25) is 0 Å². The van der Waals surface area contributed by atoms with Gasteiger partial charge in [0.15, 0.2) is 13.2 Å². The molecule has 0 aliphatic carbocycles. The first kappa shape index (κ1) is 22.3. The number of carbonyl (C=O) groups excluding carboxylic acids is 3. The quantitative estimate of drug-likeness (QED) is 0.641. The van der Waals surface area contributed by atoms with Crippen molar-refractivity contribution in [3.8, 4) is 5.75 Å². The van der Waals surface area contributed by atoms with Crippen molar-refractivity contribution in [1.82, 2.24) is 9.80 Å². The van der Waals surface area contributed by atoms with Gasteiger partial charge in [-0.2, -0.15) is 0 Å². The van der Waals surface area contributed by atoms with Gasteiger partial charge in [-0.05, 0) is 24.6 Å². The highest BCUT2D eigenvalue weighted by Gasteiger charge is 2.23. The van der Waals surface area contributed by atoms with Crippen molar-refractivity contribution in [3.05, 3.63) is 65.2 Å². The van der Waals surface area contributed by atoms with E-state index in [1.54, 1.807) is 17.0 Å². The summed E-state index contributed by atoms with van der Waals surface area (Å²) < 4.78 is 10.4. The number of esters is 1. The molecule has 0 radical (unpaired) electrons. The van der Waals surface area contributed by atoms with E-state index in [0.29, 0.717) is 13.1 Å². The average molecular weight is 425 g/mol. The molecule has 1 saturated heterocycles. The molecule has 0 unspecified atom stereocenters. The van der Waals surface area contributed by atoms with Gasteiger partial charge in [-0.25, -0.2) is 4.79 Å². The summed E-state index contributed by atoms with van der Waals surface area (Å²) in [6.45, 7) is 4.91. The summed E-state index contributed by atoms with van der Waals surface area (Å²) in [5.41, 5.74) is 7.70. The molecule has 1 aliphatic rings. The van der Waals surface area contributed by atoms with E-state index in [2.05, 4.69) is 36.1 Å². The van der Waals surface area contributed by atoms with E-state index in [1.165, 1.54) is 23.3 Å². The van der Waals surface area contributed by atoms with Crippen molar-refractivity contribution in [2.75, 3.05) is 39.4 Å². The number of para-hydroxylation sites is 1. The third kappa shape index (κ3) is 6.55. The molecule has 8 nitrogen and oxygen atoms in total. The average Bonchev–Trinajstić information content (AvgIpc) is 2.76. The second kappa shape index (κ2) is 10.6. The van der Waals surface area contributed by atoms with Crippen LogP contribution >= 0.6 is 0 Å². The zero-order chi connectivity index (χ0) is 22.2. The van der Waals surface area contributed by atoms with Gasteiger partial charge in [-0.3, -0.25) is 14.5 Å². The van der Waals surface area contributed by atoms with Crippen LogP contribution in [0.4, 0.5) is 0 Å². The van der Waals surface area contributed by atoms with Crippen LogP contribution in [-0.2, 0) is 20.9 Å². The first-order valence-corrected chi connectivity index (χ1v) is 10.2. The Morgan fingerprint density at radius 3 is 2.42 bits per heavy atom. The third-order valence-electron chi connectivity index (χ3n) is 5.02. The molecule has 2 aromatic rings. The van der Waals surface area contributed by atoms with E-state index in [0.717, 1.165) is 19.6 Å². The van der Waals surface area contributed by atoms with Crippen LogP contribution in [0.3, 0.4) is 0 Å². The number of hydrogen-bond acceptors (Lipinski definition) is 6. The molecule has 0 saturated carbocycles. The van der Waals surface area contributed by atoms with Gasteiger partial charge in [-0.15, -0.1) is 0 Å². The molecule has 1 heterocycles. The molecule has 1 aliphatic heterocycles. The number of ether oxygens (including phenoxy) is 2. The smallest absolute Gasteiger partial charge is 0.342 e. The molecule has 31 heavy (non-hydrogen) atoms. The van der Waals surface area contributed by atoms with Crippen LogP contribution in [0.5, 0.6) is 5.75 Å². The fourth-order valence-electron chi connectivity index (χ4n) is 3.43. The number of primary amides is 1. The Balaban J connectivity index is 1.46. The van der Waals surface area contributed by atoms with Crippen LogP contribution in [0.1, 0.15) is 21.5 Å². The monoisotopic (exact) mass is 425 g/mol. The van der Waals surface area contributed by atoms with Crippen molar-refractivity contribution >= 4 is 17.8 Å². The summed E-state index contributed by atoms with van der Waals surface area (Å²) in [7, 11) is 0. The first-order valence-electron chi connectivity index (χ1n) is 10.2. The van der Waals surface area contributed by atoms with Crippen LogP contribution in [-0.4, -0.2) is 67.0 Å². The van der Waals surface area contributed by atoms with E-state index in [9.17, 15) is 14.4 Å². The molecule has 0 bridgehead atoms. The topological polar surface area (TPSA) is 102 Å². The SMILES string of the molecule is Cc1cccc(CN2CCN(C(=O)COC(=O)c3ccccc3OCC(N)=O)CC2)c1. The van der Waals surface area contributed by atoms with Crippen molar-refractivity contribution in [2.24, 2.45) is 5.73 Å². The van der Waals surface area contributed by atoms with Gasteiger partial charge in [-0.1, -0.05) is 42.0 Å². The highest BCUT2D eigenvalue weighted by Crippen LogP contribution is 2.19. The van der Waals surface area contributed by atoms with Crippen molar-refractivity contribution in [1.29, 1.82) is 0 Å². The number of piperazine rings is 1. The number of rotatable bonds is 8. The number of nitrogens with zero attached hydrogens (tertiary/aromatic N) is 2. The molecular weight excluding hydrogens is 398 g/mol. The van der Waals surface area contributed by atoms with Gasteiger partial charge in [0.1, 0.15) is 11.3 Å². The molecule has 0 aromatic heterocycles. The van der Waals surface area contributed by atoms with Crippen LogP contribution < -0.4 is 10.5 Å². The fourth-order valence-corrected chi connectivity index (χ4v) is 3.43. The second-order valence-corrected chi connectivity index (χ2v) is 7.47. The summed E-state index contributed by atoms with van der Waals surface area (Å²) >= 11 is 0. The van der Waals surface area contributed by atoms with Crippen LogP contribution in [0.2, 0.25) is 0 Å². The molecule has 164 valence electrons. The van der Waals surface area contributed by atoms with Gasteiger partial charge >= 0.3 is 5.97 Å². The predicted octanol–water partition coefficient (Wildman–Crippen LogP) is 1.36. The normalized spacial score (nSPS) is 14.2. The van der Waals surface area contributed by atoms with E-state index < -0.39 is 11.9 Å². The van der Waals surface area contributed by atoms with Crippen LogP contribution in [0.25, 0.3) is 0 Å². The number of aryl methyl sites for hydroxylation is 1. The molecule has 1 fully saturated rings. The Kier molecular flexibility index (Phi) is 7.61. The van der Waals surface area contributed by atoms with E-state index in [-0.39, 0.29) is 30.4 Å². The van der Waals surface area contributed by atoms with Crippen LogP contribution in [0.15, 0.2) is 48.5 Å².